The van der Waals surface area contributed by atoms with Crippen LogP contribution < -0.4 is 4.90 Å². The Morgan fingerprint density at radius 3 is 2.28 bits per heavy atom. The van der Waals surface area contributed by atoms with Crippen molar-refractivity contribution in [2.24, 2.45) is 0 Å². The molecule has 3 heterocycles. The lowest BCUT2D eigenvalue weighted by Crippen LogP contribution is -2.38. The average molecular weight is 427 g/mol. The maximum Gasteiger partial charge on any atom is 0.228 e. The molecule has 5 heteroatoms. The summed E-state index contributed by atoms with van der Waals surface area (Å²) in [5.74, 6) is 1.83. The zero-order valence-electron chi connectivity index (χ0n) is 18.7. The van der Waals surface area contributed by atoms with Crippen LogP contribution in [0.5, 0.6) is 0 Å². The van der Waals surface area contributed by atoms with Crippen LogP contribution >= 0.6 is 0 Å². The zero-order valence-corrected chi connectivity index (χ0v) is 18.7. The maximum atomic E-state index is 12.9. The van der Waals surface area contributed by atoms with Crippen LogP contribution in [0.2, 0.25) is 0 Å². The summed E-state index contributed by atoms with van der Waals surface area (Å²) in [7, 11) is 0. The van der Waals surface area contributed by atoms with Crippen LogP contribution in [0.3, 0.4) is 0 Å². The molecule has 1 saturated heterocycles. The summed E-state index contributed by atoms with van der Waals surface area (Å²) in [5, 5.41) is 0. The third kappa shape index (κ3) is 4.30. The highest BCUT2D eigenvalue weighted by Gasteiger charge is 2.32. The molecule has 32 heavy (non-hydrogen) atoms. The molecule has 2 aliphatic rings. The molecule has 1 atom stereocenters. The summed E-state index contributed by atoms with van der Waals surface area (Å²) in [6, 6.07) is 21.0. The SMILES string of the molecule is Cc1nc([C@H]2CCCCN2Cc2ccccc2)nc2c1CCC(=O)N2Cc1ccccc1. The lowest BCUT2D eigenvalue weighted by atomic mass is 9.98. The minimum Gasteiger partial charge on any atom is -0.292 e. The zero-order chi connectivity index (χ0) is 21.9. The van der Waals surface area contributed by atoms with Crippen LogP contribution in [0.15, 0.2) is 60.7 Å². The normalized spacial score (nSPS) is 19.1. The van der Waals surface area contributed by atoms with Gasteiger partial charge in [-0.25, -0.2) is 9.97 Å². The Hall–Kier alpha value is -3.05. The predicted octanol–water partition coefficient (Wildman–Crippen LogP) is 4.99. The van der Waals surface area contributed by atoms with Crippen molar-refractivity contribution in [2.45, 2.75) is 58.2 Å². The van der Waals surface area contributed by atoms with E-state index < -0.39 is 0 Å². The summed E-state index contributed by atoms with van der Waals surface area (Å²) in [6.07, 6.45) is 4.68. The van der Waals surface area contributed by atoms with Gasteiger partial charge in [-0.05, 0) is 43.9 Å². The topological polar surface area (TPSA) is 49.3 Å². The van der Waals surface area contributed by atoms with E-state index in [1.54, 1.807) is 0 Å². The number of rotatable bonds is 5. The Balaban J connectivity index is 1.48. The molecule has 0 unspecified atom stereocenters. The highest BCUT2D eigenvalue weighted by Crippen LogP contribution is 2.35. The van der Waals surface area contributed by atoms with Gasteiger partial charge in [0, 0.05) is 24.2 Å². The van der Waals surface area contributed by atoms with E-state index in [1.807, 2.05) is 23.1 Å². The first-order chi connectivity index (χ1) is 15.7. The van der Waals surface area contributed by atoms with Crippen molar-refractivity contribution in [3.8, 4) is 0 Å². The summed E-state index contributed by atoms with van der Waals surface area (Å²) >= 11 is 0. The Morgan fingerprint density at radius 2 is 1.56 bits per heavy atom. The van der Waals surface area contributed by atoms with E-state index in [9.17, 15) is 4.79 Å². The first kappa shape index (κ1) is 20.8. The number of hydrogen-bond donors (Lipinski definition) is 0. The average Bonchev–Trinajstić information content (AvgIpc) is 2.82. The molecule has 2 aromatic carbocycles. The maximum absolute atomic E-state index is 12.9. The monoisotopic (exact) mass is 426 g/mol. The van der Waals surface area contributed by atoms with Gasteiger partial charge in [-0.15, -0.1) is 0 Å². The van der Waals surface area contributed by atoms with Gasteiger partial charge in [0.15, 0.2) is 0 Å². The largest absolute Gasteiger partial charge is 0.292 e. The predicted molar refractivity (Wildman–Crippen MR) is 126 cm³/mol. The minimum absolute atomic E-state index is 0.148. The fraction of sp³-hybridized carbons (Fsp3) is 0.370. The highest BCUT2D eigenvalue weighted by atomic mass is 16.2. The van der Waals surface area contributed by atoms with E-state index in [2.05, 4.69) is 54.3 Å². The van der Waals surface area contributed by atoms with E-state index in [1.165, 1.54) is 18.4 Å². The quantitative estimate of drug-likeness (QED) is 0.577. The molecule has 0 saturated carbocycles. The Kier molecular flexibility index (Phi) is 5.99. The van der Waals surface area contributed by atoms with Crippen molar-refractivity contribution in [1.29, 1.82) is 0 Å². The van der Waals surface area contributed by atoms with E-state index in [0.29, 0.717) is 13.0 Å². The lowest BCUT2D eigenvalue weighted by Gasteiger charge is -2.36. The molecule has 0 N–H and O–H groups in total. The number of likely N-dealkylation sites (tertiary alicyclic amines) is 1. The van der Waals surface area contributed by atoms with Gasteiger partial charge in [0.2, 0.25) is 5.91 Å². The van der Waals surface area contributed by atoms with Gasteiger partial charge in [-0.2, -0.15) is 0 Å². The molecule has 3 aromatic rings. The number of aryl methyl sites for hydroxylation is 1. The van der Waals surface area contributed by atoms with Crippen molar-refractivity contribution in [1.82, 2.24) is 14.9 Å². The van der Waals surface area contributed by atoms with Gasteiger partial charge >= 0.3 is 0 Å². The number of fused-ring (bicyclic) bond motifs is 1. The number of piperidine rings is 1. The molecule has 1 aromatic heterocycles. The Labute approximate surface area is 190 Å². The number of nitrogens with zero attached hydrogens (tertiary/aromatic N) is 4. The molecule has 2 aliphatic heterocycles. The fourth-order valence-corrected chi connectivity index (χ4v) is 4.97. The van der Waals surface area contributed by atoms with Gasteiger partial charge < -0.3 is 0 Å². The summed E-state index contributed by atoms with van der Waals surface area (Å²) < 4.78 is 0. The molecule has 1 amide bonds. The van der Waals surface area contributed by atoms with Gasteiger partial charge in [-0.1, -0.05) is 67.1 Å². The van der Waals surface area contributed by atoms with E-state index in [-0.39, 0.29) is 11.9 Å². The van der Waals surface area contributed by atoms with Crippen molar-refractivity contribution < 1.29 is 4.79 Å². The van der Waals surface area contributed by atoms with Crippen LogP contribution in [0.1, 0.15) is 59.9 Å². The Morgan fingerprint density at radius 1 is 0.875 bits per heavy atom. The van der Waals surface area contributed by atoms with Crippen molar-refractivity contribution >= 4 is 11.7 Å². The minimum atomic E-state index is 0.148. The molecule has 5 rings (SSSR count). The van der Waals surface area contributed by atoms with Crippen LogP contribution in [0, 0.1) is 6.92 Å². The first-order valence-corrected chi connectivity index (χ1v) is 11.7. The molecule has 0 radical (unpaired) electrons. The first-order valence-electron chi connectivity index (χ1n) is 11.7. The standard InChI is InChI=1S/C27H30N4O/c1-20-23-15-16-25(32)31(19-22-12-6-3-7-13-22)27(23)29-26(28-20)24-14-8-9-17-30(24)18-21-10-4-2-5-11-21/h2-7,10-13,24H,8-9,14-19H2,1H3/t24-/m1/s1. The summed E-state index contributed by atoms with van der Waals surface area (Å²) in [5.41, 5.74) is 4.57. The Bertz CT molecular complexity index is 1080. The van der Waals surface area contributed by atoms with Crippen LogP contribution in [-0.4, -0.2) is 27.3 Å². The van der Waals surface area contributed by atoms with Gasteiger partial charge in [-0.3, -0.25) is 14.6 Å². The van der Waals surface area contributed by atoms with Gasteiger partial charge in [0.25, 0.3) is 0 Å². The number of carbonyl (C=O) groups excluding carboxylic acids is 1. The molecular formula is C27H30N4O. The van der Waals surface area contributed by atoms with Crippen LogP contribution in [0.4, 0.5) is 5.82 Å². The molecule has 0 bridgehead atoms. The number of hydrogen-bond acceptors (Lipinski definition) is 4. The molecule has 5 nitrogen and oxygen atoms in total. The second kappa shape index (κ2) is 9.21. The fourth-order valence-electron chi connectivity index (χ4n) is 4.97. The second-order valence-corrected chi connectivity index (χ2v) is 8.90. The number of carbonyl (C=O) groups is 1. The van der Waals surface area contributed by atoms with Gasteiger partial charge in [0.1, 0.15) is 11.6 Å². The number of anilines is 1. The highest BCUT2D eigenvalue weighted by molar-refractivity contribution is 5.95. The molecule has 1 fully saturated rings. The van der Waals surface area contributed by atoms with Crippen LogP contribution in [-0.2, 0) is 24.3 Å². The number of benzene rings is 2. The van der Waals surface area contributed by atoms with E-state index in [4.69, 9.17) is 9.97 Å². The number of aromatic nitrogens is 2. The third-order valence-corrected chi connectivity index (χ3v) is 6.68. The number of amides is 1. The summed E-state index contributed by atoms with van der Waals surface area (Å²) in [4.78, 5) is 27.3. The molecule has 0 aliphatic carbocycles. The van der Waals surface area contributed by atoms with Crippen molar-refractivity contribution in [3.63, 3.8) is 0 Å². The van der Waals surface area contributed by atoms with Gasteiger partial charge in [0.05, 0.1) is 12.6 Å². The van der Waals surface area contributed by atoms with Crippen LogP contribution in [0.25, 0.3) is 0 Å². The molecule has 164 valence electrons. The smallest absolute Gasteiger partial charge is 0.228 e. The second-order valence-electron chi connectivity index (χ2n) is 8.90. The molecular weight excluding hydrogens is 396 g/mol. The van der Waals surface area contributed by atoms with E-state index in [0.717, 1.165) is 54.4 Å². The third-order valence-electron chi connectivity index (χ3n) is 6.68. The van der Waals surface area contributed by atoms with E-state index >= 15 is 0 Å². The summed E-state index contributed by atoms with van der Waals surface area (Å²) in [6.45, 7) is 4.58. The van der Waals surface area contributed by atoms with Crippen molar-refractivity contribution in [3.05, 3.63) is 88.9 Å². The van der Waals surface area contributed by atoms with Crippen molar-refractivity contribution in [2.75, 3.05) is 11.4 Å². The lowest BCUT2D eigenvalue weighted by molar-refractivity contribution is -0.119. The molecule has 0 spiro atoms.